The van der Waals surface area contributed by atoms with Gasteiger partial charge in [-0.3, -0.25) is 4.79 Å². The van der Waals surface area contributed by atoms with Crippen LogP contribution in [0, 0.1) is 6.92 Å². The van der Waals surface area contributed by atoms with Gasteiger partial charge in [0.2, 0.25) is 0 Å². The zero-order chi connectivity index (χ0) is 15.5. The van der Waals surface area contributed by atoms with Gasteiger partial charge in [0, 0.05) is 17.8 Å². The first kappa shape index (κ1) is 14.3. The molecule has 22 heavy (non-hydrogen) atoms. The lowest BCUT2D eigenvalue weighted by Crippen LogP contribution is -2.13. The van der Waals surface area contributed by atoms with Crippen molar-refractivity contribution in [2.24, 2.45) is 0 Å². The first-order valence-electron chi connectivity index (χ1n) is 6.72. The standard InChI is InChI=1S/C16H15N3O2S/c1-11-5-6-14(21-2)12(9-11)17-15(20)13-10-22-16(18-13)19-7-3-4-8-19/h3-10H,1-2H3,(H,17,20). The average Bonchev–Trinajstić information content (AvgIpc) is 3.18. The molecule has 5 nitrogen and oxygen atoms in total. The Kier molecular flexibility index (Phi) is 3.93. The summed E-state index contributed by atoms with van der Waals surface area (Å²) in [5.74, 6) is 0.373. The molecule has 0 bridgehead atoms. The Morgan fingerprint density at radius 2 is 2.09 bits per heavy atom. The van der Waals surface area contributed by atoms with Crippen LogP contribution < -0.4 is 10.1 Å². The SMILES string of the molecule is COc1ccc(C)cc1NC(=O)c1csc(-n2cccc2)n1. The summed E-state index contributed by atoms with van der Waals surface area (Å²) in [6.07, 6.45) is 3.79. The smallest absolute Gasteiger partial charge is 0.275 e. The van der Waals surface area contributed by atoms with E-state index in [1.54, 1.807) is 12.5 Å². The number of anilines is 1. The Balaban J connectivity index is 1.82. The van der Waals surface area contributed by atoms with Crippen LogP contribution in [0.15, 0.2) is 48.1 Å². The Morgan fingerprint density at radius 1 is 1.32 bits per heavy atom. The van der Waals surface area contributed by atoms with Gasteiger partial charge in [0.1, 0.15) is 11.4 Å². The molecule has 6 heteroatoms. The lowest BCUT2D eigenvalue weighted by Gasteiger charge is -2.10. The Labute approximate surface area is 132 Å². The van der Waals surface area contributed by atoms with Crippen LogP contribution in [0.2, 0.25) is 0 Å². The normalized spacial score (nSPS) is 10.5. The molecule has 0 fully saturated rings. The molecule has 0 spiro atoms. The first-order chi connectivity index (χ1) is 10.7. The number of amides is 1. The van der Waals surface area contributed by atoms with Crippen molar-refractivity contribution in [3.63, 3.8) is 0 Å². The monoisotopic (exact) mass is 313 g/mol. The minimum absolute atomic E-state index is 0.251. The van der Waals surface area contributed by atoms with Crippen LogP contribution in [0.25, 0.3) is 5.13 Å². The number of aromatic nitrogens is 2. The van der Waals surface area contributed by atoms with Gasteiger partial charge in [-0.25, -0.2) is 4.98 Å². The molecule has 0 atom stereocenters. The van der Waals surface area contributed by atoms with Crippen LogP contribution >= 0.6 is 11.3 Å². The molecule has 2 aromatic heterocycles. The molecular formula is C16H15N3O2S. The maximum Gasteiger partial charge on any atom is 0.275 e. The number of methoxy groups -OCH3 is 1. The molecule has 1 N–H and O–H groups in total. The summed E-state index contributed by atoms with van der Waals surface area (Å²) in [6.45, 7) is 1.96. The number of aryl methyl sites for hydroxylation is 1. The highest BCUT2D eigenvalue weighted by atomic mass is 32.1. The van der Waals surface area contributed by atoms with Crippen molar-refractivity contribution in [1.82, 2.24) is 9.55 Å². The van der Waals surface area contributed by atoms with E-state index in [2.05, 4.69) is 10.3 Å². The van der Waals surface area contributed by atoms with E-state index in [9.17, 15) is 4.79 Å². The highest BCUT2D eigenvalue weighted by Gasteiger charge is 2.14. The van der Waals surface area contributed by atoms with Gasteiger partial charge in [-0.05, 0) is 36.8 Å². The van der Waals surface area contributed by atoms with Crippen LogP contribution in [-0.2, 0) is 0 Å². The number of hydrogen-bond acceptors (Lipinski definition) is 4. The molecule has 0 unspecified atom stereocenters. The van der Waals surface area contributed by atoms with E-state index in [4.69, 9.17) is 4.74 Å². The third-order valence-corrected chi connectivity index (χ3v) is 4.01. The van der Waals surface area contributed by atoms with Gasteiger partial charge < -0.3 is 14.6 Å². The van der Waals surface area contributed by atoms with Gasteiger partial charge in [-0.2, -0.15) is 0 Å². The van der Waals surface area contributed by atoms with Gasteiger partial charge in [0.25, 0.3) is 5.91 Å². The molecule has 0 aliphatic carbocycles. The summed E-state index contributed by atoms with van der Waals surface area (Å²) < 4.78 is 7.13. The highest BCUT2D eigenvalue weighted by Crippen LogP contribution is 2.26. The van der Waals surface area contributed by atoms with Crippen molar-refractivity contribution >= 4 is 22.9 Å². The van der Waals surface area contributed by atoms with Crippen molar-refractivity contribution in [2.45, 2.75) is 6.92 Å². The average molecular weight is 313 g/mol. The molecule has 0 radical (unpaired) electrons. The second-order valence-electron chi connectivity index (χ2n) is 4.76. The van der Waals surface area contributed by atoms with Crippen molar-refractivity contribution in [3.8, 4) is 10.9 Å². The Hall–Kier alpha value is -2.60. The van der Waals surface area contributed by atoms with Crippen LogP contribution in [-0.4, -0.2) is 22.6 Å². The van der Waals surface area contributed by atoms with E-state index in [1.807, 2.05) is 54.2 Å². The molecule has 1 aromatic carbocycles. The van der Waals surface area contributed by atoms with Crippen LogP contribution in [0.1, 0.15) is 16.1 Å². The van der Waals surface area contributed by atoms with Gasteiger partial charge in [0.15, 0.2) is 5.13 Å². The molecule has 3 aromatic rings. The summed E-state index contributed by atoms with van der Waals surface area (Å²) in [6, 6.07) is 9.46. The fourth-order valence-corrected chi connectivity index (χ4v) is 2.83. The number of benzene rings is 1. The lowest BCUT2D eigenvalue weighted by atomic mass is 10.2. The molecule has 112 valence electrons. The number of nitrogens with zero attached hydrogens (tertiary/aromatic N) is 2. The van der Waals surface area contributed by atoms with Crippen molar-refractivity contribution in [1.29, 1.82) is 0 Å². The minimum atomic E-state index is -0.251. The van der Waals surface area contributed by atoms with E-state index in [-0.39, 0.29) is 5.91 Å². The van der Waals surface area contributed by atoms with Crippen molar-refractivity contribution < 1.29 is 9.53 Å². The second-order valence-corrected chi connectivity index (χ2v) is 5.60. The molecule has 0 aliphatic heterocycles. The predicted octanol–water partition coefficient (Wildman–Crippen LogP) is 3.50. The van der Waals surface area contributed by atoms with E-state index in [0.717, 1.165) is 10.7 Å². The fourth-order valence-electron chi connectivity index (χ4n) is 2.06. The van der Waals surface area contributed by atoms with Crippen LogP contribution in [0.4, 0.5) is 5.69 Å². The second kappa shape index (κ2) is 6.03. The first-order valence-corrected chi connectivity index (χ1v) is 7.60. The molecule has 0 saturated heterocycles. The Bertz CT molecular complexity index is 794. The summed E-state index contributed by atoms with van der Waals surface area (Å²) >= 11 is 1.42. The number of rotatable bonds is 4. The third kappa shape index (κ3) is 2.87. The fraction of sp³-hybridized carbons (Fsp3) is 0.125. The number of hydrogen-bond donors (Lipinski definition) is 1. The molecule has 2 heterocycles. The van der Waals surface area contributed by atoms with Gasteiger partial charge in [-0.15, -0.1) is 11.3 Å². The van der Waals surface area contributed by atoms with E-state index >= 15 is 0 Å². The third-order valence-electron chi connectivity index (χ3n) is 3.15. The number of nitrogens with one attached hydrogen (secondary N) is 1. The minimum Gasteiger partial charge on any atom is -0.495 e. The number of thiazole rings is 1. The lowest BCUT2D eigenvalue weighted by molar-refractivity contribution is 0.102. The topological polar surface area (TPSA) is 56.1 Å². The largest absolute Gasteiger partial charge is 0.495 e. The molecule has 0 saturated carbocycles. The molecule has 0 aliphatic rings. The zero-order valence-electron chi connectivity index (χ0n) is 12.2. The van der Waals surface area contributed by atoms with Gasteiger partial charge in [-0.1, -0.05) is 6.07 Å². The summed E-state index contributed by atoms with van der Waals surface area (Å²) in [5.41, 5.74) is 2.07. The number of carbonyl (C=O) groups excluding carboxylic acids is 1. The Morgan fingerprint density at radius 3 is 2.82 bits per heavy atom. The van der Waals surface area contributed by atoms with E-state index in [0.29, 0.717) is 17.1 Å². The molecule has 3 rings (SSSR count). The summed E-state index contributed by atoms with van der Waals surface area (Å²) in [7, 11) is 1.58. The zero-order valence-corrected chi connectivity index (χ0v) is 13.1. The number of ether oxygens (including phenoxy) is 1. The summed E-state index contributed by atoms with van der Waals surface area (Å²) in [4.78, 5) is 16.7. The number of carbonyl (C=O) groups is 1. The maximum absolute atomic E-state index is 12.3. The van der Waals surface area contributed by atoms with Gasteiger partial charge in [0.05, 0.1) is 12.8 Å². The predicted molar refractivity (Wildman–Crippen MR) is 87.1 cm³/mol. The van der Waals surface area contributed by atoms with Crippen molar-refractivity contribution in [2.75, 3.05) is 12.4 Å². The van der Waals surface area contributed by atoms with E-state index < -0.39 is 0 Å². The van der Waals surface area contributed by atoms with Gasteiger partial charge >= 0.3 is 0 Å². The highest BCUT2D eigenvalue weighted by molar-refractivity contribution is 7.12. The molecular weight excluding hydrogens is 298 g/mol. The quantitative estimate of drug-likeness (QED) is 0.802. The van der Waals surface area contributed by atoms with Crippen LogP contribution in [0.3, 0.4) is 0 Å². The van der Waals surface area contributed by atoms with Crippen molar-refractivity contribution in [3.05, 3.63) is 59.4 Å². The van der Waals surface area contributed by atoms with Crippen LogP contribution in [0.5, 0.6) is 5.75 Å². The molecule has 1 amide bonds. The summed E-state index contributed by atoms with van der Waals surface area (Å²) in [5, 5.41) is 5.35. The maximum atomic E-state index is 12.3. The van der Waals surface area contributed by atoms with E-state index in [1.165, 1.54) is 11.3 Å².